The third kappa shape index (κ3) is 2.73. The summed E-state index contributed by atoms with van der Waals surface area (Å²) in [5, 5.41) is 14.7. The minimum atomic E-state index is -0.946. The van der Waals surface area contributed by atoms with Crippen molar-refractivity contribution in [3.8, 4) is 0 Å². The maximum atomic E-state index is 11.2. The lowest BCUT2D eigenvalue weighted by Gasteiger charge is -2.01. The van der Waals surface area contributed by atoms with E-state index in [1.807, 2.05) is 0 Å². The van der Waals surface area contributed by atoms with Gasteiger partial charge in [-0.25, -0.2) is 14.8 Å². The van der Waals surface area contributed by atoms with Gasteiger partial charge in [0.25, 0.3) is 0 Å². The van der Waals surface area contributed by atoms with Crippen molar-refractivity contribution in [2.75, 3.05) is 0 Å². The highest BCUT2D eigenvalue weighted by atomic mass is 35.5. The normalized spacial score (nSPS) is 11.1. The van der Waals surface area contributed by atoms with E-state index in [1.54, 1.807) is 6.92 Å². The van der Waals surface area contributed by atoms with Gasteiger partial charge in [0.05, 0.1) is 0 Å². The Balaban J connectivity index is 1.99. The predicted molar refractivity (Wildman–Crippen MR) is 83.6 cm³/mol. The number of aromatic carboxylic acids is 1. The van der Waals surface area contributed by atoms with Crippen LogP contribution in [0.15, 0.2) is 11.4 Å². The Bertz CT molecular complexity index is 832. The van der Waals surface area contributed by atoms with Gasteiger partial charge in [0.1, 0.15) is 31.1 Å². The van der Waals surface area contributed by atoms with E-state index in [9.17, 15) is 9.90 Å². The van der Waals surface area contributed by atoms with E-state index >= 15 is 0 Å². The van der Waals surface area contributed by atoms with Crippen LogP contribution < -0.4 is 0 Å². The zero-order valence-corrected chi connectivity index (χ0v) is 13.7. The number of halogens is 1. The van der Waals surface area contributed by atoms with Crippen molar-refractivity contribution >= 4 is 62.4 Å². The number of aryl methyl sites for hydroxylation is 1. The Morgan fingerprint density at radius 2 is 2.29 bits per heavy atom. The molecule has 0 aliphatic rings. The average molecular weight is 359 g/mol. The number of fused-ring (bicyclic) bond motifs is 1. The van der Waals surface area contributed by atoms with Crippen LogP contribution in [0.5, 0.6) is 0 Å². The Kier molecular flexibility index (Phi) is 4.07. The van der Waals surface area contributed by atoms with Gasteiger partial charge >= 0.3 is 5.97 Å². The van der Waals surface area contributed by atoms with Crippen LogP contribution in [0.3, 0.4) is 0 Å². The molecule has 3 aromatic rings. The van der Waals surface area contributed by atoms with E-state index in [-0.39, 0.29) is 0 Å². The Morgan fingerprint density at radius 3 is 2.95 bits per heavy atom. The molecule has 0 radical (unpaired) electrons. The van der Waals surface area contributed by atoms with E-state index in [0.717, 1.165) is 33.3 Å². The maximum absolute atomic E-state index is 11.2. The molecule has 0 saturated carbocycles. The van der Waals surface area contributed by atoms with Gasteiger partial charge < -0.3 is 5.11 Å². The molecule has 0 aliphatic heterocycles. The van der Waals surface area contributed by atoms with Crippen molar-refractivity contribution in [2.24, 2.45) is 0 Å². The number of aromatic nitrogens is 4. The van der Waals surface area contributed by atoms with Crippen molar-refractivity contribution in [3.63, 3.8) is 0 Å². The first-order valence-corrected chi connectivity index (χ1v) is 8.60. The second-order valence-corrected chi connectivity index (χ2v) is 7.32. The van der Waals surface area contributed by atoms with Crippen LogP contribution in [0.4, 0.5) is 0 Å². The van der Waals surface area contributed by atoms with E-state index in [1.165, 1.54) is 18.1 Å². The van der Waals surface area contributed by atoms with E-state index < -0.39 is 5.97 Å². The molecule has 0 aliphatic carbocycles. The summed E-state index contributed by atoms with van der Waals surface area (Å²) in [6.07, 6.45) is 1.44. The molecule has 10 heteroatoms. The molecule has 0 bridgehead atoms. The smallest absolute Gasteiger partial charge is 0.346 e. The summed E-state index contributed by atoms with van der Waals surface area (Å²) in [5.74, 6) is -0.419. The molecular weight excluding hydrogens is 352 g/mol. The van der Waals surface area contributed by atoms with Crippen molar-refractivity contribution in [1.82, 2.24) is 19.6 Å². The summed E-state index contributed by atoms with van der Waals surface area (Å²) in [4.78, 5) is 20.6. The molecule has 21 heavy (non-hydrogen) atoms. The largest absolute Gasteiger partial charge is 0.477 e. The minimum absolute atomic E-state index is 0.292. The maximum Gasteiger partial charge on any atom is 0.346 e. The first-order valence-electron chi connectivity index (χ1n) is 5.65. The first kappa shape index (κ1) is 14.6. The van der Waals surface area contributed by atoms with Gasteiger partial charge in [-0.1, -0.05) is 27.9 Å². The summed E-state index contributed by atoms with van der Waals surface area (Å²) in [7, 11) is 0. The van der Waals surface area contributed by atoms with Crippen LogP contribution in [-0.2, 0) is 5.75 Å². The number of thioether (sulfide) groups is 1. The molecule has 1 N–H and O–H groups in total. The number of thiophene rings is 1. The third-order valence-corrected chi connectivity index (χ3v) is 5.91. The molecule has 0 amide bonds. The lowest BCUT2D eigenvalue weighted by Crippen LogP contribution is -1.94. The number of rotatable bonds is 4. The number of nitrogens with zero attached hydrogens (tertiary/aromatic N) is 4. The van der Waals surface area contributed by atoms with Gasteiger partial charge in [0.2, 0.25) is 0 Å². The van der Waals surface area contributed by atoms with E-state index in [4.69, 9.17) is 11.6 Å². The number of carboxylic acid groups (broad SMARTS) is 1. The fourth-order valence-electron chi connectivity index (χ4n) is 1.77. The zero-order chi connectivity index (χ0) is 15.0. The van der Waals surface area contributed by atoms with Gasteiger partial charge in [-0.3, -0.25) is 0 Å². The van der Waals surface area contributed by atoms with Gasteiger partial charge in [-0.05, 0) is 12.5 Å². The summed E-state index contributed by atoms with van der Waals surface area (Å²) < 4.78 is 4.34. The molecule has 3 rings (SSSR count). The summed E-state index contributed by atoms with van der Waals surface area (Å²) in [6.45, 7) is 1.77. The minimum Gasteiger partial charge on any atom is -0.477 e. The van der Waals surface area contributed by atoms with Crippen LogP contribution in [0.1, 0.15) is 20.9 Å². The molecular formula is C11H7ClN4O2S3. The zero-order valence-electron chi connectivity index (χ0n) is 10.5. The Morgan fingerprint density at radius 1 is 1.48 bits per heavy atom. The summed E-state index contributed by atoms with van der Waals surface area (Å²) >= 11 is 9.71. The molecule has 0 spiro atoms. The van der Waals surface area contributed by atoms with E-state index in [0.29, 0.717) is 31.1 Å². The molecule has 3 heterocycles. The van der Waals surface area contributed by atoms with Gasteiger partial charge in [0, 0.05) is 22.7 Å². The molecule has 0 fully saturated rings. The molecule has 0 atom stereocenters. The third-order valence-electron chi connectivity index (χ3n) is 2.74. The molecule has 0 unspecified atom stereocenters. The highest BCUT2D eigenvalue weighted by Gasteiger charge is 2.19. The van der Waals surface area contributed by atoms with Crippen LogP contribution in [-0.4, -0.2) is 30.6 Å². The summed E-state index contributed by atoms with van der Waals surface area (Å²) in [5.41, 5.74) is 1.39. The lowest BCUT2D eigenvalue weighted by molar-refractivity contribution is 0.0701. The van der Waals surface area contributed by atoms with Crippen LogP contribution >= 0.6 is 46.2 Å². The van der Waals surface area contributed by atoms with Gasteiger partial charge in [-0.2, -0.15) is 0 Å². The average Bonchev–Trinajstić information content (AvgIpc) is 3.01. The van der Waals surface area contributed by atoms with Crippen LogP contribution in [0, 0.1) is 6.92 Å². The lowest BCUT2D eigenvalue weighted by atomic mass is 10.2. The fourth-order valence-corrected chi connectivity index (χ4v) is 4.61. The molecule has 3 aromatic heterocycles. The van der Waals surface area contributed by atoms with E-state index in [2.05, 4.69) is 19.6 Å². The Labute approximate surface area is 136 Å². The monoisotopic (exact) mass is 358 g/mol. The number of carbonyl (C=O) groups is 1. The molecule has 6 nitrogen and oxygen atoms in total. The number of carboxylic acids is 1. The number of hydrogen-bond donors (Lipinski definition) is 1. The standard InChI is InChI=1S/C11H7ClN4O2S3/c1-4-6-9(19-2-5-8(12)21-16-15-5)13-3-14-10(6)20-7(4)11(17)18/h3H,2H2,1H3,(H,17,18). The van der Waals surface area contributed by atoms with Gasteiger partial charge in [0.15, 0.2) is 0 Å². The van der Waals surface area contributed by atoms with Crippen molar-refractivity contribution in [2.45, 2.75) is 17.7 Å². The molecule has 108 valence electrons. The van der Waals surface area contributed by atoms with Gasteiger partial charge in [-0.15, -0.1) is 16.4 Å². The van der Waals surface area contributed by atoms with Crippen LogP contribution in [0.2, 0.25) is 4.34 Å². The van der Waals surface area contributed by atoms with Crippen molar-refractivity contribution in [3.05, 3.63) is 26.8 Å². The highest BCUT2D eigenvalue weighted by molar-refractivity contribution is 7.98. The first-order chi connectivity index (χ1) is 10.1. The van der Waals surface area contributed by atoms with Crippen LogP contribution in [0.25, 0.3) is 10.2 Å². The highest BCUT2D eigenvalue weighted by Crippen LogP contribution is 2.36. The second-order valence-electron chi connectivity index (χ2n) is 4.00. The van der Waals surface area contributed by atoms with Crippen molar-refractivity contribution in [1.29, 1.82) is 0 Å². The summed E-state index contributed by atoms with van der Waals surface area (Å²) in [6, 6.07) is 0. The fraction of sp³-hybridized carbons (Fsp3) is 0.182. The topological polar surface area (TPSA) is 88.9 Å². The SMILES string of the molecule is Cc1c(C(=O)O)sc2ncnc(SCc3nnsc3Cl)c12. The molecule has 0 saturated heterocycles. The second kappa shape index (κ2) is 5.84. The Hall–Kier alpha value is -1.29. The van der Waals surface area contributed by atoms with Crippen molar-refractivity contribution < 1.29 is 9.90 Å². The quantitative estimate of drug-likeness (QED) is 0.564. The number of hydrogen-bond acceptors (Lipinski definition) is 8. The predicted octanol–water partition coefficient (Wildman–Crippen LogP) is 3.50. The molecule has 0 aromatic carbocycles.